The van der Waals surface area contributed by atoms with Crippen LogP contribution in [0.15, 0.2) is 48.4 Å². The number of nitrogens with one attached hydrogen (secondary N) is 2. The summed E-state index contributed by atoms with van der Waals surface area (Å²) in [6, 6.07) is 11.2. The number of unbranched alkanes of at least 4 members (excludes halogenated alkanes) is 4. The lowest BCUT2D eigenvalue weighted by atomic mass is 10.1. The van der Waals surface area contributed by atoms with E-state index in [1.807, 2.05) is 36.4 Å². The van der Waals surface area contributed by atoms with Gasteiger partial charge in [-0.15, -0.1) is 0 Å². The van der Waals surface area contributed by atoms with Crippen LogP contribution in [0.5, 0.6) is 0 Å². The van der Waals surface area contributed by atoms with Crippen LogP contribution < -0.4 is 15.7 Å². The molecule has 1 heterocycles. The van der Waals surface area contributed by atoms with Crippen molar-refractivity contribution in [1.29, 1.82) is 0 Å². The van der Waals surface area contributed by atoms with Crippen LogP contribution in [0, 0.1) is 0 Å². The minimum atomic E-state index is -0.469. The summed E-state index contributed by atoms with van der Waals surface area (Å²) in [5.41, 5.74) is 5.38. The molecule has 34 heavy (non-hydrogen) atoms. The van der Waals surface area contributed by atoms with Gasteiger partial charge in [0.25, 0.3) is 0 Å². The fourth-order valence-electron chi connectivity index (χ4n) is 3.32. The molecule has 8 nitrogen and oxygen atoms in total. The minimum absolute atomic E-state index is 0.126. The first-order valence-electron chi connectivity index (χ1n) is 11.8. The van der Waals surface area contributed by atoms with Crippen LogP contribution >= 0.6 is 0 Å². The lowest BCUT2D eigenvalue weighted by molar-refractivity contribution is -0.130. The summed E-state index contributed by atoms with van der Waals surface area (Å²) in [4.78, 5) is 35.3. The van der Waals surface area contributed by atoms with E-state index in [0.717, 1.165) is 29.8 Å². The molecule has 0 radical (unpaired) electrons. The molecule has 1 aromatic carbocycles. The van der Waals surface area contributed by atoms with E-state index < -0.39 is 5.91 Å². The van der Waals surface area contributed by atoms with Crippen LogP contribution in [0.1, 0.15) is 51.5 Å². The van der Waals surface area contributed by atoms with Crippen molar-refractivity contribution >= 4 is 23.7 Å². The maximum absolute atomic E-state index is 12.5. The van der Waals surface area contributed by atoms with Crippen molar-refractivity contribution in [3.8, 4) is 11.3 Å². The average Bonchev–Trinajstić information content (AvgIpc) is 2.86. The monoisotopic (exact) mass is 468 g/mol. The Bertz CT molecular complexity index is 944. The summed E-state index contributed by atoms with van der Waals surface area (Å²) in [7, 11) is 3.12. The third kappa shape index (κ3) is 8.51. The molecule has 0 saturated heterocycles. The highest BCUT2D eigenvalue weighted by Crippen LogP contribution is 2.23. The van der Waals surface area contributed by atoms with Crippen LogP contribution in [0.4, 0.5) is 10.5 Å². The second-order valence-corrected chi connectivity index (χ2v) is 7.81. The fraction of sp³-hybridized carbons (Fsp3) is 0.423. The number of aromatic nitrogens is 1. The molecule has 2 aromatic rings. The lowest BCUT2D eigenvalue weighted by Gasteiger charge is -2.19. The predicted octanol–water partition coefficient (Wildman–Crippen LogP) is 4.92. The zero-order valence-corrected chi connectivity index (χ0v) is 20.6. The molecule has 0 spiro atoms. The van der Waals surface area contributed by atoms with E-state index >= 15 is 0 Å². The number of carbonyl (C=O) groups is 2. The maximum Gasteiger partial charge on any atom is 0.321 e. The van der Waals surface area contributed by atoms with E-state index in [0.29, 0.717) is 18.7 Å². The molecule has 2 N–H and O–H groups in total. The smallest absolute Gasteiger partial charge is 0.321 e. The van der Waals surface area contributed by atoms with Crippen LogP contribution in [0.2, 0.25) is 0 Å². The van der Waals surface area contributed by atoms with Crippen LogP contribution in [0.25, 0.3) is 17.3 Å². The number of rotatable bonds is 13. The SMILES string of the molecule is CCCCCCCNC(=O)N(C)c1cccc(-c2ccc(/C=C(\OCC)C(=O)NOC)cn2)c1. The quantitative estimate of drug-likeness (QED) is 0.188. The number of pyridine rings is 1. The molecule has 0 aliphatic carbocycles. The summed E-state index contributed by atoms with van der Waals surface area (Å²) in [6.07, 6.45) is 9.04. The number of ether oxygens (including phenoxy) is 1. The molecule has 3 amide bonds. The van der Waals surface area contributed by atoms with Gasteiger partial charge in [0.2, 0.25) is 0 Å². The molecule has 0 bridgehead atoms. The highest BCUT2D eigenvalue weighted by Gasteiger charge is 2.12. The lowest BCUT2D eigenvalue weighted by Crippen LogP contribution is -2.37. The van der Waals surface area contributed by atoms with Crippen LogP contribution in [-0.2, 0) is 14.4 Å². The summed E-state index contributed by atoms with van der Waals surface area (Å²) >= 11 is 0. The fourth-order valence-corrected chi connectivity index (χ4v) is 3.32. The number of urea groups is 1. The summed E-state index contributed by atoms with van der Waals surface area (Å²) in [5.74, 6) is -0.331. The van der Waals surface area contributed by atoms with Gasteiger partial charge in [-0.3, -0.25) is 19.5 Å². The van der Waals surface area contributed by atoms with Gasteiger partial charge < -0.3 is 10.1 Å². The Balaban J connectivity index is 2.05. The van der Waals surface area contributed by atoms with E-state index in [2.05, 4.69) is 27.5 Å². The van der Waals surface area contributed by atoms with E-state index in [-0.39, 0.29) is 11.8 Å². The molecule has 0 aliphatic heterocycles. The number of amides is 3. The molecule has 1 aromatic heterocycles. The maximum atomic E-state index is 12.5. The van der Waals surface area contributed by atoms with Crippen molar-refractivity contribution in [2.24, 2.45) is 0 Å². The van der Waals surface area contributed by atoms with E-state index in [1.54, 1.807) is 31.1 Å². The molecule has 0 atom stereocenters. The van der Waals surface area contributed by atoms with Gasteiger partial charge in [0, 0.05) is 31.0 Å². The van der Waals surface area contributed by atoms with Gasteiger partial charge in [-0.2, -0.15) is 0 Å². The van der Waals surface area contributed by atoms with Gasteiger partial charge in [-0.25, -0.2) is 10.3 Å². The molecule has 0 fully saturated rings. The molecule has 0 aliphatic rings. The molecule has 2 rings (SSSR count). The molecular formula is C26H36N4O4. The van der Waals surface area contributed by atoms with E-state index in [9.17, 15) is 9.59 Å². The van der Waals surface area contributed by atoms with Crippen molar-refractivity contribution in [2.75, 3.05) is 32.2 Å². The largest absolute Gasteiger partial charge is 0.488 e. The second kappa shape index (κ2) is 14.7. The molecule has 0 unspecified atom stereocenters. The zero-order valence-electron chi connectivity index (χ0n) is 20.6. The van der Waals surface area contributed by atoms with Gasteiger partial charge in [0.15, 0.2) is 5.76 Å². The Kier molecular flexibility index (Phi) is 11.6. The Hall–Kier alpha value is -3.39. The van der Waals surface area contributed by atoms with Gasteiger partial charge in [-0.1, -0.05) is 50.8 Å². The molecule has 184 valence electrons. The van der Waals surface area contributed by atoms with Crippen molar-refractivity contribution < 1.29 is 19.2 Å². The number of anilines is 1. The minimum Gasteiger partial charge on any atom is -0.488 e. The summed E-state index contributed by atoms with van der Waals surface area (Å²) < 4.78 is 5.39. The standard InChI is InChI=1S/C26H36N4O4/c1-5-7-8-9-10-16-27-26(32)30(3)22-13-11-12-21(18-22)23-15-14-20(19-28-23)17-24(34-6-2)25(31)29-33-4/h11-15,17-19H,5-10,16H2,1-4H3,(H,27,32)(H,29,31)/b24-17-. The third-order valence-corrected chi connectivity index (χ3v) is 5.19. The average molecular weight is 469 g/mol. The number of hydrogen-bond donors (Lipinski definition) is 2. The molecule has 0 saturated carbocycles. The highest BCUT2D eigenvalue weighted by molar-refractivity contribution is 5.95. The predicted molar refractivity (Wildman–Crippen MR) is 135 cm³/mol. The molecule has 8 heteroatoms. The van der Waals surface area contributed by atoms with Gasteiger partial charge >= 0.3 is 11.9 Å². The van der Waals surface area contributed by atoms with Gasteiger partial charge in [-0.05, 0) is 43.2 Å². The Morgan fingerprint density at radius 1 is 1.09 bits per heavy atom. The zero-order chi connectivity index (χ0) is 24.8. The summed E-state index contributed by atoms with van der Waals surface area (Å²) in [5, 5.41) is 2.98. The Labute approximate surface area is 202 Å². The van der Waals surface area contributed by atoms with E-state index in [4.69, 9.17) is 4.74 Å². The van der Waals surface area contributed by atoms with Crippen LogP contribution in [0.3, 0.4) is 0 Å². The van der Waals surface area contributed by atoms with E-state index in [1.165, 1.54) is 26.4 Å². The number of carbonyl (C=O) groups excluding carboxylic acids is 2. The van der Waals surface area contributed by atoms with Crippen molar-refractivity contribution in [3.05, 3.63) is 53.9 Å². The number of hydroxylamine groups is 1. The first kappa shape index (κ1) is 26.9. The summed E-state index contributed by atoms with van der Waals surface area (Å²) in [6.45, 7) is 5.01. The Morgan fingerprint density at radius 3 is 2.56 bits per heavy atom. The number of hydrogen-bond acceptors (Lipinski definition) is 5. The normalized spacial score (nSPS) is 11.1. The van der Waals surface area contributed by atoms with Gasteiger partial charge in [0.05, 0.1) is 19.4 Å². The highest BCUT2D eigenvalue weighted by atomic mass is 16.6. The first-order valence-corrected chi connectivity index (χ1v) is 11.8. The van der Waals surface area contributed by atoms with Crippen LogP contribution in [-0.4, -0.2) is 44.2 Å². The van der Waals surface area contributed by atoms with Gasteiger partial charge in [0.1, 0.15) is 0 Å². The van der Waals surface area contributed by atoms with Crippen molar-refractivity contribution in [3.63, 3.8) is 0 Å². The Morgan fingerprint density at radius 2 is 1.88 bits per heavy atom. The first-order chi connectivity index (χ1) is 16.5. The van der Waals surface area contributed by atoms with Crippen molar-refractivity contribution in [2.45, 2.75) is 46.0 Å². The third-order valence-electron chi connectivity index (χ3n) is 5.19. The van der Waals surface area contributed by atoms with Crippen molar-refractivity contribution in [1.82, 2.24) is 15.8 Å². The number of benzene rings is 1. The second-order valence-electron chi connectivity index (χ2n) is 7.81. The topological polar surface area (TPSA) is 92.8 Å². The number of nitrogens with zero attached hydrogens (tertiary/aromatic N) is 2. The molecular weight excluding hydrogens is 432 g/mol.